The van der Waals surface area contributed by atoms with Gasteiger partial charge in [-0.2, -0.15) is 0 Å². The zero-order chi connectivity index (χ0) is 27.4. The molecule has 2 atom stereocenters. The first-order valence-electron chi connectivity index (χ1n) is 14.2. The average Bonchev–Trinajstić information content (AvgIpc) is 3.10. The molecule has 1 nitrogen and oxygen atoms in total. The van der Waals surface area contributed by atoms with E-state index < -0.39 is 6.40 Å². The molecule has 0 amide bonds. The summed E-state index contributed by atoms with van der Waals surface area (Å²) in [5.41, 5.74) is 11.1. The van der Waals surface area contributed by atoms with Crippen LogP contribution in [0.2, 0.25) is 0 Å². The molecular formula is C35H39N. The second-order valence-corrected chi connectivity index (χ2v) is 11.3. The Hall–Kier alpha value is -3.32. The monoisotopic (exact) mass is 475 g/mol. The van der Waals surface area contributed by atoms with Crippen molar-refractivity contribution >= 4 is 11.4 Å². The van der Waals surface area contributed by atoms with Gasteiger partial charge >= 0.3 is 0 Å². The molecule has 1 aliphatic carbocycles. The molecule has 0 heterocycles. The smallest absolute Gasteiger partial charge is 0.0454 e. The van der Waals surface area contributed by atoms with Crippen LogP contribution in [0.15, 0.2) is 84.9 Å². The van der Waals surface area contributed by atoms with Gasteiger partial charge in [-0.15, -0.1) is 0 Å². The van der Waals surface area contributed by atoms with Crippen LogP contribution in [0, 0.1) is 0 Å². The highest BCUT2D eigenvalue weighted by Gasteiger charge is 2.38. The van der Waals surface area contributed by atoms with Crippen molar-refractivity contribution in [1.82, 2.24) is 0 Å². The Labute approximate surface area is 220 Å². The molecule has 0 fully saturated rings. The molecular weight excluding hydrogens is 434 g/mol. The molecule has 0 aromatic heterocycles. The van der Waals surface area contributed by atoms with Crippen LogP contribution in [0.25, 0.3) is 22.3 Å². The molecule has 4 aromatic carbocycles. The Morgan fingerprint density at radius 2 is 1.42 bits per heavy atom. The maximum Gasteiger partial charge on any atom is 0.0454 e. The molecule has 0 bridgehead atoms. The zero-order valence-corrected chi connectivity index (χ0v) is 22.7. The van der Waals surface area contributed by atoms with Crippen LogP contribution in [-0.2, 0) is 18.2 Å². The number of fused-ring (bicyclic) bond motifs is 3. The molecule has 36 heavy (non-hydrogen) atoms. The lowest BCUT2D eigenvalue weighted by Crippen LogP contribution is -2.39. The summed E-state index contributed by atoms with van der Waals surface area (Å²) in [5, 5.41) is 0. The predicted molar refractivity (Wildman–Crippen MR) is 157 cm³/mol. The molecule has 0 aliphatic heterocycles. The fraction of sp³-hybridized carbons (Fsp3) is 0.314. The largest absolute Gasteiger partial charge is 0.336 e. The number of benzene rings is 4. The van der Waals surface area contributed by atoms with Gasteiger partial charge in [-0.1, -0.05) is 100 Å². The third-order valence-electron chi connectivity index (χ3n) is 7.66. The van der Waals surface area contributed by atoms with E-state index in [0.717, 1.165) is 33.6 Å². The van der Waals surface area contributed by atoms with Gasteiger partial charge < -0.3 is 4.90 Å². The number of aryl methyl sites for hydroxylation is 1. The highest BCUT2D eigenvalue weighted by molar-refractivity contribution is 5.89. The Morgan fingerprint density at radius 1 is 0.722 bits per heavy atom. The van der Waals surface area contributed by atoms with E-state index in [1.54, 1.807) is 0 Å². The van der Waals surface area contributed by atoms with Crippen LogP contribution in [0.1, 0.15) is 73.5 Å². The van der Waals surface area contributed by atoms with Crippen molar-refractivity contribution in [2.75, 3.05) is 4.90 Å². The first kappa shape index (κ1) is 21.9. The summed E-state index contributed by atoms with van der Waals surface area (Å²) in [7, 11) is 0. The van der Waals surface area contributed by atoms with Crippen LogP contribution in [0.3, 0.4) is 0 Å². The summed E-state index contributed by atoms with van der Waals surface area (Å²) in [6.45, 7) is 15.2. The van der Waals surface area contributed by atoms with Gasteiger partial charge in [0.05, 0.1) is 0 Å². The van der Waals surface area contributed by atoms with Gasteiger partial charge in [0.2, 0.25) is 0 Å². The summed E-state index contributed by atoms with van der Waals surface area (Å²) >= 11 is 0. The molecule has 0 saturated carbocycles. The minimum absolute atomic E-state index is 0.116. The van der Waals surface area contributed by atoms with Crippen LogP contribution in [0.5, 0.6) is 0 Å². The molecule has 4 aromatic rings. The van der Waals surface area contributed by atoms with Crippen molar-refractivity contribution in [1.29, 1.82) is 0 Å². The lowest BCUT2D eigenvalue weighted by molar-refractivity contribution is 0.557. The summed E-state index contributed by atoms with van der Waals surface area (Å²) in [4.78, 5) is 2.38. The minimum atomic E-state index is -0.416. The minimum Gasteiger partial charge on any atom is -0.336 e. The van der Waals surface area contributed by atoms with Gasteiger partial charge in [-0.3, -0.25) is 0 Å². The second-order valence-electron chi connectivity index (χ2n) is 11.3. The third kappa shape index (κ3) is 3.86. The SMILES string of the molecule is [2H]C(C)c1ccc(-c2ccccc2)cc1N(c1ccc2c(c1C([2H])C)-c1ccccc1C2(C)C)C(C)(C)C. The van der Waals surface area contributed by atoms with Gasteiger partial charge in [-0.05, 0) is 90.2 Å². The molecule has 184 valence electrons. The Morgan fingerprint density at radius 3 is 2.08 bits per heavy atom. The highest BCUT2D eigenvalue weighted by Crippen LogP contribution is 2.53. The van der Waals surface area contributed by atoms with Crippen molar-refractivity contribution in [2.45, 2.75) is 72.2 Å². The fourth-order valence-electron chi connectivity index (χ4n) is 5.94. The number of hydrogen-bond donors (Lipinski definition) is 0. The van der Waals surface area contributed by atoms with Crippen LogP contribution >= 0.6 is 0 Å². The van der Waals surface area contributed by atoms with E-state index in [2.05, 4.69) is 118 Å². The number of hydrogen-bond acceptors (Lipinski definition) is 1. The van der Waals surface area contributed by atoms with Crippen molar-refractivity contribution in [2.24, 2.45) is 0 Å². The molecule has 0 saturated heterocycles. The summed E-state index contributed by atoms with van der Waals surface area (Å²) < 4.78 is 17.9. The molecule has 1 heteroatoms. The lowest BCUT2D eigenvalue weighted by Gasteiger charge is -2.41. The molecule has 0 spiro atoms. The molecule has 2 unspecified atom stereocenters. The van der Waals surface area contributed by atoms with Gasteiger partial charge in [0.25, 0.3) is 0 Å². The van der Waals surface area contributed by atoms with E-state index >= 15 is 0 Å². The molecule has 1 aliphatic rings. The first-order valence-corrected chi connectivity index (χ1v) is 13.0. The summed E-state index contributed by atoms with van der Waals surface area (Å²) in [6, 6.07) is 30.1. The average molecular weight is 476 g/mol. The molecule has 0 radical (unpaired) electrons. The van der Waals surface area contributed by atoms with Crippen molar-refractivity contribution in [3.8, 4) is 22.3 Å². The van der Waals surface area contributed by atoms with Crippen molar-refractivity contribution in [3.63, 3.8) is 0 Å². The van der Waals surface area contributed by atoms with Gasteiger partial charge in [0.1, 0.15) is 0 Å². The predicted octanol–water partition coefficient (Wildman–Crippen LogP) is 9.72. The Kier molecular flexibility index (Phi) is 5.46. The van der Waals surface area contributed by atoms with Crippen LogP contribution < -0.4 is 4.90 Å². The quantitative estimate of drug-likeness (QED) is 0.278. The van der Waals surface area contributed by atoms with E-state index in [0.29, 0.717) is 0 Å². The van der Waals surface area contributed by atoms with Gasteiger partial charge in [0, 0.05) is 25.1 Å². The van der Waals surface area contributed by atoms with Crippen LogP contribution in [-0.4, -0.2) is 5.54 Å². The van der Waals surface area contributed by atoms with E-state index in [1.165, 1.54) is 22.3 Å². The molecule has 5 rings (SSSR count). The highest BCUT2D eigenvalue weighted by atomic mass is 15.2. The van der Waals surface area contributed by atoms with Crippen LogP contribution in [0.4, 0.5) is 11.4 Å². The maximum absolute atomic E-state index is 9.11. The van der Waals surface area contributed by atoms with E-state index in [9.17, 15) is 0 Å². The summed E-state index contributed by atoms with van der Waals surface area (Å²) in [5.74, 6) is 0. The van der Waals surface area contributed by atoms with Gasteiger partial charge in [0.15, 0.2) is 0 Å². The van der Waals surface area contributed by atoms with E-state index in [1.807, 2.05) is 19.9 Å². The first-order chi connectivity index (χ1) is 17.9. The maximum atomic E-state index is 9.11. The topological polar surface area (TPSA) is 3.24 Å². The van der Waals surface area contributed by atoms with Gasteiger partial charge in [-0.25, -0.2) is 0 Å². The normalized spacial score (nSPS) is 16.4. The molecule has 0 N–H and O–H groups in total. The Bertz CT molecular complexity index is 1480. The second kappa shape index (κ2) is 8.96. The fourth-order valence-corrected chi connectivity index (χ4v) is 5.94. The number of nitrogens with zero attached hydrogens (tertiary/aromatic N) is 1. The standard InChI is InChI=1S/C35H39N/c1-8-24-19-20-26(25-15-11-10-12-16-25)23-32(24)36(34(3,4)5)31-22-21-30-33(27(31)9-2)28-17-13-14-18-29(28)35(30,6)7/h10-23H,8-9H2,1-7H3/i8D,9D. The third-order valence-corrected chi connectivity index (χ3v) is 7.66. The zero-order valence-electron chi connectivity index (χ0n) is 24.7. The Balaban J connectivity index is 1.83. The van der Waals surface area contributed by atoms with Crippen molar-refractivity contribution in [3.05, 3.63) is 107 Å². The number of rotatable bonds is 5. The number of anilines is 2. The lowest BCUT2D eigenvalue weighted by atomic mass is 9.81. The van der Waals surface area contributed by atoms with E-state index in [4.69, 9.17) is 2.74 Å². The summed E-state index contributed by atoms with van der Waals surface area (Å²) in [6.07, 6.45) is -0.799. The van der Waals surface area contributed by atoms with E-state index in [-0.39, 0.29) is 17.4 Å². The van der Waals surface area contributed by atoms with Crippen molar-refractivity contribution < 1.29 is 2.74 Å².